The van der Waals surface area contributed by atoms with Crippen LogP contribution in [-0.2, 0) is 10.3 Å². The van der Waals surface area contributed by atoms with E-state index >= 15 is 0 Å². The highest BCUT2D eigenvalue weighted by Gasteiger charge is 2.22. The number of halogens is 1. The number of carbonyl (C=O) groups is 1. The maximum absolute atomic E-state index is 13.1. The number of rotatable bonds is 4. The Kier molecular flexibility index (Phi) is 4.01. The zero-order valence-corrected chi connectivity index (χ0v) is 9.59. The molecule has 1 aromatic rings. The van der Waals surface area contributed by atoms with Gasteiger partial charge in [-0.15, -0.1) is 0 Å². The second kappa shape index (κ2) is 5.07. The summed E-state index contributed by atoms with van der Waals surface area (Å²) in [7, 11) is 0. The summed E-state index contributed by atoms with van der Waals surface area (Å²) < 4.78 is 13.1. The van der Waals surface area contributed by atoms with Crippen molar-refractivity contribution in [3.63, 3.8) is 0 Å². The van der Waals surface area contributed by atoms with Crippen molar-refractivity contribution in [3.05, 3.63) is 35.6 Å². The molecule has 0 aliphatic carbocycles. The Balaban J connectivity index is 2.81. The number of hydrogen-bond donors (Lipinski definition) is 2. The van der Waals surface area contributed by atoms with Crippen LogP contribution in [0.2, 0.25) is 0 Å². The summed E-state index contributed by atoms with van der Waals surface area (Å²) in [6.07, 6.45) is 0.277. The molecule has 0 saturated heterocycles. The minimum atomic E-state index is -0.589. The molecule has 0 heterocycles. The Morgan fingerprint density at radius 3 is 2.75 bits per heavy atom. The number of carbonyl (C=O) groups excluding carboxylic acids is 1. The first-order valence-electron chi connectivity index (χ1n) is 5.23. The molecule has 3 nitrogen and oxygen atoms in total. The van der Waals surface area contributed by atoms with Gasteiger partial charge in [-0.05, 0) is 31.5 Å². The summed E-state index contributed by atoms with van der Waals surface area (Å²) in [5.41, 5.74) is 5.44. The highest BCUT2D eigenvalue weighted by atomic mass is 19.1. The molecule has 0 fully saturated rings. The van der Waals surface area contributed by atoms with Gasteiger partial charge in [0.05, 0.1) is 5.54 Å². The van der Waals surface area contributed by atoms with Crippen molar-refractivity contribution in [1.29, 1.82) is 0 Å². The van der Waals surface area contributed by atoms with Gasteiger partial charge in [0, 0.05) is 13.0 Å². The first-order valence-corrected chi connectivity index (χ1v) is 5.23. The second-order valence-corrected chi connectivity index (χ2v) is 4.22. The third kappa shape index (κ3) is 3.31. The van der Waals surface area contributed by atoms with E-state index in [1.165, 1.54) is 12.1 Å². The molecule has 0 aliphatic rings. The van der Waals surface area contributed by atoms with Crippen LogP contribution in [0.4, 0.5) is 4.39 Å². The van der Waals surface area contributed by atoms with Gasteiger partial charge in [-0.1, -0.05) is 12.1 Å². The summed E-state index contributed by atoms with van der Waals surface area (Å²) >= 11 is 0. The van der Waals surface area contributed by atoms with Crippen molar-refractivity contribution < 1.29 is 9.18 Å². The summed E-state index contributed by atoms with van der Waals surface area (Å²) in [6, 6.07) is 6.21. The Hall–Kier alpha value is -1.42. The fraction of sp³-hybridized carbons (Fsp3) is 0.417. The Labute approximate surface area is 94.8 Å². The molecule has 0 unspecified atom stereocenters. The molecule has 0 bridgehead atoms. The second-order valence-electron chi connectivity index (χ2n) is 4.22. The molecule has 1 rings (SSSR count). The molecule has 1 aromatic carbocycles. The molecule has 4 heteroatoms. The smallest absolute Gasteiger partial charge is 0.221 e. The van der Waals surface area contributed by atoms with Crippen LogP contribution in [0.15, 0.2) is 24.3 Å². The van der Waals surface area contributed by atoms with Gasteiger partial charge in [0.15, 0.2) is 0 Å². The van der Waals surface area contributed by atoms with E-state index in [1.807, 2.05) is 13.8 Å². The van der Waals surface area contributed by atoms with Crippen LogP contribution in [0.25, 0.3) is 0 Å². The minimum Gasteiger partial charge on any atom is -0.347 e. The molecule has 0 saturated carbocycles. The zero-order chi connectivity index (χ0) is 12.2. The fourth-order valence-corrected chi connectivity index (χ4v) is 1.49. The number of nitrogens with one attached hydrogen (secondary N) is 1. The van der Waals surface area contributed by atoms with Gasteiger partial charge in [-0.25, -0.2) is 4.39 Å². The molecule has 0 spiro atoms. The topological polar surface area (TPSA) is 55.1 Å². The fourth-order valence-electron chi connectivity index (χ4n) is 1.49. The number of benzene rings is 1. The predicted molar refractivity (Wildman–Crippen MR) is 61.2 cm³/mol. The van der Waals surface area contributed by atoms with E-state index in [0.717, 1.165) is 5.56 Å². The minimum absolute atomic E-state index is 0.128. The quantitative estimate of drug-likeness (QED) is 0.814. The van der Waals surface area contributed by atoms with E-state index in [4.69, 9.17) is 5.73 Å². The maximum atomic E-state index is 13.1. The standard InChI is InChI=1S/C12H17FN2O/c1-12(2,15-11(16)6-7-14)9-4-3-5-10(13)8-9/h3-5,8H,6-7,14H2,1-2H3,(H,15,16). The van der Waals surface area contributed by atoms with Crippen LogP contribution in [0.1, 0.15) is 25.8 Å². The van der Waals surface area contributed by atoms with Crippen LogP contribution >= 0.6 is 0 Å². The lowest BCUT2D eigenvalue weighted by molar-refractivity contribution is -0.122. The van der Waals surface area contributed by atoms with Crippen LogP contribution in [-0.4, -0.2) is 12.5 Å². The average molecular weight is 224 g/mol. The van der Waals surface area contributed by atoms with Gasteiger partial charge in [-0.3, -0.25) is 4.79 Å². The molecule has 0 atom stereocenters. The predicted octanol–water partition coefficient (Wildman–Crippen LogP) is 1.53. The van der Waals surface area contributed by atoms with Gasteiger partial charge in [-0.2, -0.15) is 0 Å². The maximum Gasteiger partial charge on any atom is 0.221 e. The van der Waals surface area contributed by atoms with Crippen molar-refractivity contribution in [2.24, 2.45) is 5.73 Å². The highest BCUT2D eigenvalue weighted by molar-refractivity contribution is 5.77. The molecule has 0 aromatic heterocycles. The van der Waals surface area contributed by atoms with Gasteiger partial charge < -0.3 is 11.1 Å². The normalized spacial score (nSPS) is 11.2. The monoisotopic (exact) mass is 224 g/mol. The van der Waals surface area contributed by atoms with Gasteiger partial charge in [0.2, 0.25) is 5.91 Å². The van der Waals surface area contributed by atoms with E-state index in [-0.39, 0.29) is 18.1 Å². The van der Waals surface area contributed by atoms with E-state index in [2.05, 4.69) is 5.32 Å². The lowest BCUT2D eigenvalue weighted by Crippen LogP contribution is -2.41. The molecule has 3 N–H and O–H groups in total. The molecular formula is C12H17FN2O. The third-order valence-electron chi connectivity index (χ3n) is 2.37. The van der Waals surface area contributed by atoms with Crippen molar-refractivity contribution in [2.45, 2.75) is 25.8 Å². The SMILES string of the molecule is CC(C)(NC(=O)CCN)c1cccc(F)c1. The van der Waals surface area contributed by atoms with Crippen LogP contribution in [0.3, 0.4) is 0 Å². The third-order valence-corrected chi connectivity index (χ3v) is 2.37. The molecule has 88 valence electrons. The summed E-state index contributed by atoms with van der Waals surface area (Å²) in [5, 5.41) is 2.82. The largest absolute Gasteiger partial charge is 0.347 e. The highest BCUT2D eigenvalue weighted by Crippen LogP contribution is 2.20. The summed E-state index contributed by atoms with van der Waals surface area (Å²) in [6.45, 7) is 3.97. The Morgan fingerprint density at radius 1 is 1.50 bits per heavy atom. The summed E-state index contributed by atoms with van der Waals surface area (Å²) in [4.78, 5) is 11.4. The lowest BCUT2D eigenvalue weighted by atomic mass is 9.94. The zero-order valence-electron chi connectivity index (χ0n) is 9.59. The van der Waals surface area contributed by atoms with Crippen molar-refractivity contribution in [3.8, 4) is 0 Å². The van der Waals surface area contributed by atoms with Crippen molar-refractivity contribution in [2.75, 3.05) is 6.54 Å². The summed E-state index contributed by atoms with van der Waals surface area (Å²) in [5.74, 6) is -0.435. The van der Waals surface area contributed by atoms with Crippen molar-refractivity contribution >= 4 is 5.91 Å². The van der Waals surface area contributed by atoms with Crippen LogP contribution < -0.4 is 11.1 Å². The molecule has 16 heavy (non-hydrogen) atoms. The first kappa shape index (κ1) is 12.6. The number of hydrogen-bond acceptors (Lipinski definition) is 2. The van der Waals surface area contributed by atoms with Gasteiger partial charge in [0.1, 0.15) is 5.82 Å². The van der Waals surface area contributed by atoms with E-state index in [1.54, 1.807) is 12.1 Å². The number of amides is 1. The van der Waals surface area contributed by atoms with E-state index in [0.29, 0.717) is 6.54 Å². The Bertz CT molecular complexity index is 377. The number of nitrogens with two attached hydrogens (primary N) is 1. The van der Waals surface area contributed by atoms with Gasteiger partial charge >= 0.3 is 0 Å². The molecular weight excluding hydrogens is 207 g/mol. The van der Waals surface area contributed by atoms with Crippen molar-refractivity contribution in [1.82, 2.24) is 5.32 Å². The van der Waals surface area contributed by atoms with Crippen LogP contribution in [0.5, 0.6) is 0 Å². The Morgan fingerprint density at radius 2 is 2.19 bits per heavy atom. The van der Waals surface area contributed by atoms with E-state index < -0.39 is 5.54 Å². The van der Waals surface area contributed by atoms with Crippen LogP contribution in [0, 0.1) is 5.82 Å². The molecule has 1 amide bonds. The lowest BCUT2D eigenvalue weighted by Gasteiger charge is -2.27. The van der Waals surface area contributed by atoms with E-state index in [9.17, 15) is 9.18 Å². The first-order chi connectivity index (χ1) is 7.45. The average Bonchev–Trinajstić information content (AvgIpc) is 2.17. The van der Waals surface area contributed by atoms with Gasteiger partial charge in [0.25, 0.3) is 0 Å². The molecule has 0 radical (unpaired) electrons. The molecule has 0 aliphatic heterocycles.